The minimum absolute atomic E-state index is 0.208. The summed E-state index contributed by atoms with van der Waals surface area (Å²) in [6.45, 7) is -0.496. The number of carbonyl (C=O) groups excluding carboxylic acids is 1. The average molecular weight is 360 g/mol. The fraction of sp³-hybridized carbons (Fsp3) is 0.222. The molecule has 8 heteroatoms. The smallest absolute Gasteiger partial charge is 0.267 e. The lowest BCUT2D eigenvalue weighted by atomic mass is 10.0. The predicted molar refractivity (Wildman–Crippen MR) is 89.8 cm³/mol. The summed E-state index contributed by atoms with van der Waals surface area (Å²) in [6.07, 6.45) is 2.50. The molecule has 0 aliphatic carbocycles. The Labute approximate surface area is 146 Å². The zero-order chi connectivity index (χ0) is 18.5. The molecule has 4 rings (SSSR count). The summed E-state index contributed by atoms with van der Waals surface area (Å²) in [7, 11) is 0. The molecule has 0 radical (unpaired) electrons. The normalized spacial score (nSPS) is 19.2. The van der Waals surface area contributed by atoms with E-state index in [-0.39, 0.29) is 5.56 Å². The summed E-state index contributed by atoms with van der Waals surface area (Å²) in [5, 5.41) is 4.02. The first-order valence-electron chi connectivity index (χ1n) is 8.01. The molecule has 2 N–H and O–H groups in total. The Balaban J connectivity index is 1.80. The minimum Gasteiger partial charge on any atom is -0.365 e. The number of nitrogens with zero attached hydrogens (tertiary/aromatic N) is 3. The minimum atomic E-state index is -2.91. The number of nitrogens with two attached hydrogens (primary N) is 1. The van der Waals surface area contributed by atoms with Crippen molar-refractivity contribution in [2.75, 3.05) is 11.4 Å². The Morgan fingerprint density at radius 1 is 1.27 bits per heavy atom. The van der Waals surface area contributed by atoms with E-state index in [0.29, 0.717) is 16.8 Å². The van der Waals surface area contributed by atoms with Crippen LogP contribution >= 0.6 is 0 Å². The molecule has 134 valence electrons. The van der Waals surface area contributed by atoms with Gasteiger partial charge in [-0.1, -0.05) is 12.1 Å². The third-order valence-electron chi connectivity index (χ3n) is 4.61. The van der Waals surface area contributed by atoms with E-state index in [9.17, 15) is 18.0 Å². The molecule has 1 aromatic carbocycles. The standard InChI is InChI=1S/C18H15F3N4O/c19-12-3-1-2-11(6-12)16-8-18(20,21)10-24(16)13-4-5-25-15(7-13)14(9-23-25)17(22)26/h1-7,9,16H,8,10H2,(H2,22,26)/t16-/m1/s1. The van der Waals surface area contributed by atoms with Crippen LogP contribution < -0.4 is 10.6 Å². The topological polar surface area (TPSA) is 63.6 Å². The second-order valence-corrected chi connectivity index (χ2v) is 6.40. The number of fused-ring (bicyclic) bond motifs is 1. The van der Waals surface area contributed by atoms with Gasteiger partial charge in [0.05, 0.1) is 29.9 Å². The highest BCUT2D eigenvalue weighted by Gasteiger charge is 2.45. The molecule has 1 amide bonds. The number of carbonyl (C=O) groups is 1. The van der Waals surface area contributed by atoms with Crippen LogP contribution in [0.25, 0.3) is 5.52 Å². The van der Waals surface area contributed by atoms with E-state index in [0.717, 1.165) is 0 Å². The van der Waals surface area contributed by atoms with Crippen molar-refractivity contribution in [1.82, 2.24) is 9.61 Å². The van der Waals surface area contributed by atoms with Crippen LogP contribution in [0.1, 0.15) is 28.4 Å². The van der Waals surface area contributed by atoms with Crippen molar-refractivity contribution in [3.63, 3.8) is 0 Å². The zero-order valence-electron chi connectivity index (χ0n) is 13.6. The molecule has 0 saturated carbocycles. The molecule has 0 spiro atoms. The van der Waals surface area contributed by atoms with E-state index in [1.165, 1.54) is 33.8 Å². The van der Waals surface area contributed by atoms with Gasteiger partial charge in [0.2, 0.25) is 0 Å². The number of amides is 1. The van der Waals surface area contributed by atoms with Gasteiger partial charge in [0.1, 0.15) is 5.82 Å². The fourth-order valence-electron chi connectivity index (χ4n) is 3.44. The fourth-order valence-corrected chi connectivity index (χ4v) is 3.44. The molecule has 0 unspecified atom stereocenters. The molecule has 26 heavy (non-hydrogen) atoms. The number of pyridine rings is 1. The van der Waals surface area contributed by atoms with Crippen molar-refractivity contribution in [2.45, 2.75) is 18.4 Å². The number of hydrogen-bond donors (Lipinski definition) is 1. The molecule has 0 bridgehead atoms. The Morgan fingerprint density at radius 2 is 2.08 bits per heavy atom. The Morgan fingerprint density at radius 3 is 2.81 bits per heavy atom. The number of halogens is 3. The summed E-state index contributed by atoms with van der Waals surface area (Å²) < 4.78 is 43.3. The molecular formula is C18H15F3N4O. The van der Waals surface area contributed by atoms with E-state index in [1.807, 2.05) is 0 Å². The van der Waals surface area contributed by atoms with Crippen molar-refractivity contribution in [1.29, 1.82) is 0 Å². The van der Waals surface area contributed by atoms with E-state index in [2.05, 4.69) is 5.10 Å². The Hall–Kier alpha value is -3.03. The molecule has 1 aliphatic heterocycles. The quantitative estimate of drug-likeness (QED) is 0.780. The van der Waals surface area contributed by atoms with Crippen molar-refractivity contribution < 1.29 is 18.0 Å². The lowest BCUT2D eigenvalue weighted by molar-refractivity contribution is 0.0223. The van der Waals surface area contributed by atoms with Crippen LogP contribution in [-0.2, 0) is 0 Å². The maximum Gasteiger partial charge on any atom is 0.267 e. The molecule has 2 aromatic heterocycles. The molecule has 5 nitrogen and oxygen atoms in total. The number of aromatic nitrogens is 2. The first kappa shape index (κ1) is 16.4. The van der Waals surface area contributed by atoms with Crippen LogP contribution in [0.15, 0.2) is 48.8 Å². The van der Waals surface area contributed by atoms with Gasteiger partial charge in [0.25, 0.3) is 11.8 Å². The molecule has 1 aliphatic rings. The van der Waals surface area contributed by atoms with Gasteiger partial charge in [-0.25, -0.2) is 17.7 Å². The molecule has 1 fully saturated rings. The first-order valence-corrected chi connectivity index (χ1v) is 8.01. The van der Waals surface area contributed by atoms with Crippen LogP contribution in [0.2, 0.25) is 0 Å². The number of primary amides is 1. The second kappa shape index (κ2) is 5.76. The van der Waals surface area contributed by atoms with E-state index >= 15 is 0 Å². The second-order valence-electron chi connectivity index (χ2n) is 6.40. The number of anilines is 1. The highest BCUT2D eigenvalue weighted by Crippen LogP contribution is 2.43. The Bertz CT molecular complexity index is 1000. The molecule has 1 saturated heterocycles. The van der Waals surface area contributed by atoms with Gasteiger partial charge in [-0.3, -0.25) is 4.79 Å². The summed E-state index contributed by atoms with van der Waals surface area (Å²) in [5.41, 5.74) is 6.95. The van der Waals surface area contributed by atoms with Gasteiger partial charge in [0.15, 0.2) is 0 Å². The maximum absolute atomic E-state index is 14.2. The SMILES string of the molecule is NC(=O)c1cnn2ccc(N3CC(F)(F)C[C@@H]3c3cccc(F)c3)cc12. The van der Waals surface area contributed by atoms with Crippen LogP contribution in [-0.4, -0.2) is 28.0 Å². The van der Waals surface area contributed by atoms with Crippen molar-refractivity contribution >= 4 is 17.1 Å². The monoisotopic (exact) mass is 360 g/mol. The third-order valence-corrected chi connectivity index (χ3v) is 4.61. The number of rotatable bonds is 3. The van der Waals surface area contributed by atoms with Gasteiger partial charge in [-0.2, -0.15) is 5.10 Å². The van der Waals surface area contributed by atoms with Gasteiger partial charge in [-0.05, 0) is 29.8 Å². The summed E-state index contributed by atoms with van der Waals surface area (Å²) in [4.78, 5) is 13.0. The summed E-state index contributed by atoms with van der Waals surface area (Å²) in [6, 6.07) is 8.24. The van der Waals surface area contributed by atoms with Crippen LogP contribution in [0.5, 0.6) is 0 Å². The van der Waals surface area contributed by atoms with Crippen LogP contribution in [0.4, 0.5) is 18.9 Å². The average Bonchev–Trinajstić information content (AvgIpc) is 3.14. The number of hydrogen-bond acceptors (Lipinski definition) is 3. The van der Waals surface area contributed by atoms with Gasteiger partial charge >= 0.3 is 0 Å². The van der Waals surface area contributed by atoms with Crippen molar-refractivity contribution in [3.05, 3.63) is 65.7 Å². The third kappa shape index (κ3) is 2.77. The molecule has 3 aromatic rings. The summed E-state index contributed by atoms with van der Waals surface area (Å²) >= 11 is 0. The number of alkyl halides is 2. The van der Waals surface area contributed by atoms with E-state index in [1.54, 1.807) is 24.4 Å². The van der Waals surface area contributed by atoms with Gasteiger partial charge < -0.3 is 10.6 Å². The molecular weight excluding hydrogens is 345 g/mol. The van der Waals surface area contributed by atoms with Gasteiger partial charge in [0, 0.05) is 18.3 Å². The lowest BCUT2D eigenvalue weighted by Crippen LogP contribution is -2.26. The predicted octanol–water partition coefficient (Wildman–Crippen LogP) is 3.16. The lowest BCUT2D eigenvalue weighted by Gasteiger charge is -2.26. The van der Waals surface area contributed by atoms with Crippen LogP contribution in [0, 0.1) is 5.82 Å². The zero-order valence-corrected chi connectivity index (χ0v) is 13.6. The first-order chi connectivity index (χ1) is 12.3. The van der Waals surface area contributed by atoms with Crippen molar-refractivity contribution in [3.8, 4) is 0 Å². The van der Waals surface area contributed by atoms with E-state index < -0.39 is 36.7 Å². The number of benzene rings is 1. The largest absolute Gasteiger partial charge is 0.365 e. The van der Waals surface area contributed by atoms with Gasteiger partial charge in [-0.15, -0.1) is 0 Å². The highest BCUT2D eigenvalue weighted by atomic mass is 19.3. The highest BCUT2D eigenvalue weighted by molar-refractivity contribution is 5.99. The van der Waals surface area contributed by atoms with Crippen LogP contribution in [0.3, 0.4) is 0 Å². The molecule has 3 heterocycles. The Kier molecular flexibility index (Phi) is 3.64. The maximum atomic E-state index is 14.2. The van der Waals surface area contributed by atoms with E-state index in [4.69, 9.17) is 5.73 Å². The molecule has 1 atom stereocenters. The van der Waals surface area contributed by atoms with Crippen molar-refractivity contribution in [2.24, 2.45) is 5.73 Å². The summed E-state index contributed by atoms with van der Waals surface area (Å²) in [5.74, 6) is -4.03.